The van der Waals surface area contributed by atoms with Crippen molar-refractivity contribution in [2.45, 2.75) is 26.3 Å². The maximum Gasteiger partial charge on any atom is 0.150 e. The Hall–Kier alpha value is -0.940. The van der Waals surface area contributed by atoms with E-state index in [4.69, 9.17) is 0 Å². The first-order valence-corrected chi connectivity index (χ1v) is 8.45. The Morgan fingerprint density at radius 1 is 1.47 bits per heavy atom. The Morgan fingerprint density at radius 3 is 2.79 bits per heavy atom. The number of aryl methyl sites for hydroxylation is 1. The first-order valence-electron chi connectivity index (χ1n) is 6.63. The van der Waals surface area contributed by atoms with Gasteiger partial charge in [0.15, 0.2) is 9.84 Å². The van der Waals surface area contributed by atoms with Crippen molar-refractivity contribution in [2.24, 2.45) is 5.92 Å². The molecule has 1 saturated heterocycles. The summed E-state index contributed by atoms with van der Waals surface area (Å²) in [5.74, 6) is 0.0625. The van der Waals surface area contributed by atoms with Crippen molar-refractivity contribution < 1.29 is 12.8 Å². The molecule has 5 heteroatoms. The molecular formula is C14H20FNO2S. The van der Waals surface area contributed by atoms with E-state index in [0.29, 0.717) is 18.5 Å². The number of benzene rings is 1. The van der Waals surface area contributed by atoms with Gasteiger partial charge in [0.2, 0.25) is 0 Å². The summed E-state index contributed by atoms with van der Waals surface area (Å²) in [6.45, 7) is 4.55. The Balaban J connectivity index is 2.32. The minimum Gasteiger partial charge on any atom is -0.310 e. The fourth-order valence-corrected chi connectivity index (χ4v) is 4.58. The molecule has 19 heavy (non-hydrogen) atoms. The third-order valence-corrected chi connectivity index (χ3v) is 5.44. The Bertz CT molecular complexity index is 557. The van der Waals surface area contributed by atoms with Crippen LogP contribution in [0.15, 0.2) is 18.2 Å². The minimum absolute atomic E-state index is 0.0405. The molecule has 1 fully saturated rings. The van der Waals surface area contributed by atoms with Gasteiger partial charge in [-0.1, -0.05) is 24.6 Å². The van der Waals surface area contributed by atoms with Crippen molar-refractivity contribution >= 4 is 9.84 Å². The van der Waals surface area contributed by atoms with Crippen molar-refractivity contribution in [1.82, 2.24) is 5.32 Å². The molecule has 0 saturated carbocycles. The highest BCUT2D eigenvalue weighted by molar-refractivity contribution is 7.91. The van der Waals surface area contributed by atoms with Gasteiger partial charge in [0.1, 0.15) is 5.82 Å². The van der Waals surface area contributed by atoms with Crippen LogP contribution < -0.4 is 5.32 Å². The van der Waals surface area contributed by atoms with Crippen LogP contribution >= 0.6 is 0 Å². The van der Waals surface area contributed by atoms with Crippen molar-refractivity contribution in [1.29, 1.82) is 0 Å². The standard InChI is InChI=1S/C14H20FNO2S/c1-3-16-14(11-6-7-19(17,18)9-11)12-8-10(2)4-5-13(12)15/h4-5,8,11,14,16H,3,6-7,9H2,1-2H3. The summed E-state index contributed by atoms with van der Waals surface area (Å²) in [4.78, 5) is 0. The predicted molar refractivity (Wildman–Crippen MR) is 74.3 cm³/mol. The molecule has 1 aromatic rings. The summed E-state index contributed by atoms with van der Waals surface area (Å²) in [5.41, 5.74) is 1.57. The highest BCUT2D eigenvalue weighted by Gasteiger charge is 2.35. The second-order valence-corrected chi connectivity index (χ2v) is 7.45. The minimum atomic E-state index is -2.95. The van der Waals surface area contributed by atoms with Gasteiger partial charge in [0, 0.05) is 11.6 Å². The third-order valence-electron chi connectivity index (χ3n) is 3.65. The zero-order chi connectivity index (χ0) is 14.0. The second-order valence-electron chi connectivity index (χ2n) is 5.22. The highest BCUT2D eigenvalue weighted by atomic mass is 32.2. The molecule has 0 aliphatic carbocycles. The Kier molecular flexibility index (Phi) is 4.26. The SMILES string of the molecule is CCNC(c1cc(C)ccc1F)C1CCS(=O)(=O)C1. The molecular weight excluding hydrogens is 265 g/mol. The van der Waals surface area contributed by atoms with Crippen LogP contribution in [0.2, 0.25) is 0 Å². The van der Waals surface area contributed by atoms with E-state index >= 15 is 0 Å². The van der Waals surface area contributed by atoms with Gasteiger partial charge in [-0.05, 0) is 31.9 Å². The molecule has 2 rings (SSSR count). The summed E-state index contributed by atoms with van der Waals surface area (Å²) in [6, 6.07) is 4.78. The topological polar surface area (TPSA) is 46.2 Å². The van der Waals surface area contributed by atoms with Crippen molar-refractivity contribution in [3.8, 4) is 0 Å². The monoisotopic (exact) mass is 285 g/mol. The van der Waals surface area contributed by atoms with Gasteiger partial charge in [-0.2, -0.15) is 0 Å². The van der Waals surface area contributed by atoms with Crippen LogP contribution in [0.25, 0.3) is 0 Å². The molecule has 1 aliphatic rings. The molecule has 0 amide bonds. The largest absolute Gasteiger partial charge is 0.310 e. The van der Waals surface area contributed by atoms with E-state index in [-0.39, 0.29) is 29.3 Å². The number of rotatable bonds is 4. The summed E-state index contributed by atoms with van der Waals surface area (Å²) in [6.07, 6.45) is 0.605. The van der Waals surface area contributed by atoms with Crippen LogP contribution in [0.1, 0.15) is 30.5 Å². The van der Waals surface area contributed by atoms with Gasteiger partial charge >= 0.3 is 0 Å². The molecule has 106 valence electrons. The maximum atomic E-state index is 14.0. The quantitative estimate of drug-likeness (QED) is 0.922. The average Bonchev–Trinajstić information content (AvgIpc) is 2.70. The normalized spacial score (nSPS) is 23.4. The van der Waals surface area contributed by atoms with Crippen LogP contribution in [0, 0.1) is 18.7 Å². The molecule has 1 N–H and O–H groups in total. The zero-order valence-corrected chi connectivity index (χ0v) is 12.1. The smallest absolute Gasteiger partial charge is 0.150 e. The lowest BCUT2D eigenvalue weighted by Crippen LogP contribution is -2.30. The van der Waals surface area contributed by atoms with Gasteiger partial charge in [0.25, 0.3) is 0 Å². The average molecular weight is 285 g/mol. The van der Waals surface area contributed by atoms with Crippen LogP contribution in [0.3, 0.4) is 0 Å². The highest BCUT2D eigenvalue weighted by Crippen LogP contribution is 2.33. The Labute approximate surface area is 114 Å². The molecule has 0 bridgehead atoms. The number of halogens is 1. The summed E-state index contributed by atoms with van der Waals surface area (Å²) in [5, 5.41) is 3.24. The van der Waals surface area contributed by atoms with Crippen LogP contribution in [-0.2, 0) is 9.84 Å². The van der Waals surface area contributed by atoms with Gasteiger partial charge in [0.05, 0.1) is 11.5 Å². The molecule has 0 spiro atoms. The molecule has 3 nitrogen and oxygen atoms in total. The summed E-state index contributed by atoms with van der Waals surface area (Å²) < 4.78 is 37.2. The van der Waals surface area contributed by atoms with Gasteiger partial charge < -0.3 is 5.32 Å². The fraction of sp³-hybridized carbons (Fsp3) is 0.571. The van der Waals surface area contributed by atoms with E-state index in [1.807, 2.05) is 19.9 Å². The summed E-state index contributed by atoms with van der Waals surface area (Å²) in [7, 11) is -2.95. The maximum absolute atomic E-state index is 14.0. The lowest BCUT2D eigenvalue weighted by molar-refractivity contribution is 0.386. The molecule has 1 aromatic carbocycles. The van der Waals surface area contributed by atoms with Crippen LogP contribution in [0.5, 0.6) is 0 Å². The Morgan fingerprint density at radius 2 is 2.21 bits per heavy atom. The number of nitrogens with one attached hydrogen (secondary N) is 1. The van der Waals surface area contributed by atoms with Gasteiger partial charge in [-0.25, -0.2) is 12.8 Å². The van der Waals surface area contributed by atoms with E-state index < -0.39 is 9.84 Å². The fourth-order valence-electron chi connectivity index (χ4n) is 2.74. The summed E-state index contributed by atoms with van der Waals surface area (Å²) >= 11 is 0. The van der Waals surface area contributed by atoms with E-state index in [0.717, 1.165) is 5.56 Å². The van der Waals surface area contributed by atoms with Crippen molar-refractivity contribution in [3.05, 3.63) is 35.1 Å². The number of sulfone groups is 1. The molecule has 1 aliphatic heterocycles. The first-order chi connectivity index (χ1) is 8.93. The molecule has 0 radical (unpaired) electrons. The zero-order valence-electron chi connectivity index (χ0n) is 11.3. The predicted octanol–water partition coefficient (Wildman–Crippen LogP) is 2.22. The number of hydrogen-bond acceptors (Lipinski definition) is 3. The van der Waals surface area contributed by atoms with Crippen LogP contribution in [-0.4, -0.2) is 26.5 Å². The lowest BCUT2D eigenvalue weighted by Gasteiger charge is -2.24. The molecule has 2 atom stereocenters. The van der Waals surface area contributed by atoms with E-state index in [9.17, 15) is 12.8 Å². The third kappa shape index (κ3) is 3.34. The molecule has 1 heterocycles. The molecule has 2 unspecified atom stereocenters. The first kappa shape index (κ1) is 14.5. The number of hydrogen-bond donors (Lipinski definition) is 1. The van der Waals surface area contributed by atoms with E-state index in [1.165, 1.54) is 6.07 Å². The van der Waals surface area contributed by atoms with Crippen molar-refractivity contribution in [3.63, 3.8) is 0 Å². The van der Waals surface area contributed by atoms with E-state index in [1.54, 1.807) is 6.07 Å². The van der Waals surface area contributed by atoms with Gasteiger partial charge in [-0.3, -0.25) is 0 Å². The molecule has 0 aromatic heterocycles. The van der Waals surface area contributed by atoms with E-state index in [2.05, 4.69) is 5.32 Å². The van der Waals surface area contributed by atoms with Crippen LogP contribution in [0.4, 0.5) is 4.39 Å². The lowest BCUT2D eigenvalue weighted by atomic mass is 9.91. The second kappa shape index (κ2) is 5.59. The van der Waals surface area contributed by atoms with Crippen molar-refractivity contribution in [2.75, 3.05) is 18.1 Å². The van der Waals surface area contributed by atoms with Gasteiger partial charge in [-0.15, -0.1) is 0 Å².